The summed E-state index contributed by atoms with van der Waals surface area (Å²) in [5, 5.41) is 3.18. The van der Waals surface area contributed by atoms with E-state index in [0.29, 0.717) is 22.4 Å². The van der Waals surface area contributed by atoms with E-state index in [-0.39, 0.29) is 13.2 Å². The maximum Gasteiger partial charge on any atom is 0.344 e. The number of ether oxygens (including phenoxy) is 2. The molecule has 0 heterocycles. The van der Waals surface area contributed by atoms with Crippen molar-refractivity contribution >= 4 is 29.2 Å². The number of anilines is 1. The van der Waals surface area contributed by atoms with Crippen LogP contribution in [0.15, 0.2) is 48.5 Å². The van der Waals surface area contributed by atoms with Gasteiger partial charge in [0.25, 0.3) is 5.91 Å². The van der Waals surface area contributed by atoms with Crippen LogP contribution in [0.5, 0.6) is 5.75 Å². The van der Waals surface area contributed by atoms with Gasteiger partial charge in [0.2, 0.25) is 0 Å². The van der Waals surface area contributed by atoms with E-state index in [4.69, 9.17) is 21.1 Å². The highest BCUT2D eigenvalue weighted by Gasteiger charge is 2.09. The molecule has 0 aromatic heterocycles. The first kappa shape index (κ1) is 18.8. The van der Waals surface area contributed by atoms with E-state index in [9.17, 15) is 9.59 Å². The molecule has 0 spiro atoms. The van der Waals surface area contributed by atoms with Gasteiger partial charge < -0.3 is 14.8 Å². The van der Waals surface area contributed by atoms with Crippen molar-refractivity contribution in [3.05, 3.63) is 59.1 Å². The van der Waals surface area contributed by atoms with Crippen LogP contribution >= 0.6 is 11.6 Å². The van der Waals surface area contributed by atoms with Crippen molar-refractivity contribution in [2.45, 2.75) is 19.8 Å². The molecule has 132 valence electrons. The second-order valence-electron chi connectivity index (χ2n) is 5.73. The number of halogens is 1. The van der Waals surface area contributed by atoms with Crippen molar-refractivity contribution in [2.24, 2.45) is 0 Å². The molecule has 2 rings (SSSR count). The van der Waals surface area contributed by atoms with E-state index in [2.05, 4.69) is 19.2 Å². The van der Waals surface area contributed by atoms with Gasteiger partial charge in [0, 0.05) is 10.7 Å². The smallest absolute Gasteiger partial charge is 0.344 e. The molecule has 0 saturated carbocycles. The number of esters is 1. The topological polar surface area (TPSA) is 64.6 Å². The molecule has 0 fully saturated rings. The van der Waals surface area contributed by atoms with Crippen LogP contribution in [0.25, 0.3) is 0 Å². The normalized spacial score (nSPS) is 10.4. The van der Waals surface area contributed by atoms with Crippen LogP contribution < -0.4 is 10.1 Å². The Kier molecular flexibility index (Phi) is 6.83. The van der Waals surface area contributed by atoms with Gasteiger partial charge in [0.05, 0.1) is 0 Å². The molecule has 0 bridgehead atoms. The molecule has 25 heavy (non-hydrogen) atoms. The molecular formula is C19H20ClNO4. The SMILES string of the molecule is CC(C)c1ccc(NC(=O)COC(=O)COc2cccc(Cl)c2)cc1. The minimum atomic E-state index is -0.634. The van der Waals surface area contributed by atoms with Crippen LogP contribution in [0.2, 0.25) is 5.02 Å². The van der Waals surface area contributed by atoms with Gasteiger partial charge in [-0.2, -0.15) is 0 Å². The number of hydrogen-bond donors (Lipinski definition) is 1. The Hall–Kier alpha value is -2.53. The fraction of sp³-hybridized carbons (Fsp3) is 0.263. The number of hydrogen-bond acceptors (Lipinski definition) is 4. The third kappa shape index (κ3) is 6.47. The molecule has 0 radical (unpaired) electrons. The second-order valence-corrected chi connectivity index (χ2v) is 6.17. The lowest BCUT2D eigenvalue weighted by atomic mass is 10.0. The summed E-state index contributed by atoms with van der Waals surface area (Å²) < 4.78 is 10.1. The molecular weight excluding hydrogens is 342 g/mol. The van der Waals surface area contributed by atoms with Crippen LogP contribution in [-0.2, 0) is 14.3 Å². The monoisotopic (exact) mass is 361 g/mol. The molecule has 5 nitrogen and oxygen atoms in total. The van der Waals surface area contributed by atoms with E-state index in [1.165, 1.54) is 5.56 Å². The van der Waals surface area contributed by atoms with Crippen LogP contribution in [0, 0.1) is 0 Å². The second kappa shape index (κ2) is 9.08. The van der Waals surface area contributed by atoms with Gasteiger partial charge in [-0.05, 0) is 41.8 Å². The van der Waals surface area contributed by atoms with Gasteiger partial charge >= 0.3 is 5.97 Å². The first-order chi connectivity index (χ1) is 11.9. The van der Waals surface area contributed by atoms with Gasteiger partial charge in [-0.1, -0.05) is 43.6 Å². The lowest BCUT2D eigenvalue weighted by Gasteiger charge is -2.09. The fourth-order valence-corrected chi connectivity index (χ4v) is 2.22. The fourth-order valence-electron chi connectivity index (χ4n) is 2.04. The quantitative estimate of drug-likeness (QED) is 0.756. The van der Waals surface area contributed by atoms with Crippen molar-refractivity contribution in [3.63, 3.8) is 0 Å². The number of nitrogens with one attached hydrogen (secondary N) is 1. The minimum Gasteiger partial charge on any atom is -0.482 e. The lowest BCUT2D eigenvalue weighted by molar-refractivity contribution is -0.149. The highest BCUT2D eigenvalue weighted by atomic mass is 35.5. The Morgan fingerprint density at radius 3 is 2.44 bits per heavy atom. The van der Waals surface area contributed by atoms with Crippen molar-refractivity contribution in [2.75, 3.05) is 18.5 Å². The Balaban J connectivity index is 1.72. The first-order valence-electron chi connectivity index (χ1n) is 7.88. The summed E-state index contributed by atoms with van der Waals surface area (Å²) in [6, 6.07) is 14.2. The van der Waals surface area contributed by atoms with E-state index < -0.39 is 11.9 Å². The number of amides is 1. The van der Waals surface area contributed by atoms with Crippen LogP contribution in [0.4, 0.5) is 5.69 Å². The Morgan fingerprint density at radius 2 is 1.80 bits per heavy atom. The van der Waals surface area contributed by atoms with Gasteiger partial charge in [-0.3, -0.25) is 4.79 Å². The Labute approximate surface area is 151 Å². The standard InChI is InChI=1S/C19H20ClNO4/c1-13(2)14-6-8-16(9-7-14)21-18(22)11-25-19(23)12-24-17-5-3-4-15(20)10-17/h3-10,13H,11-12H2,1-2H3,(H,21,22). The first-order valence-corrected chi connectivity index (χ1v) is 8.25. The highest BCUT2D eigenvalue weighted by molar-refractivity contribution is 6.30. The number of carbonyl (C=O) groups is 2. The summed E-state index contributed by atoms with van der Waals surface area (Å²) in [6.45, 7) is 3.53. The van der Waals surface area contributed by atoms with E-state index in [1.807, 2.05) is 24.3 Å². The number of rotatable bonds is 7. The zero-order valence-electron chi connectivity index (χ0n) is 14.1. The van der Waals surface area contributed by atoms with E-state index >= 15 is 0 Å². The molecule has 6 heteroatoms. The third-order valence-electron chi connectivity index (χ3n) is 3.38. The number of benzene rings is 2. The zero-order valence-corrected chi connectivity index (χ0v) is 14.9. The predicted octanol–water partition coefficient (Wildman–Crippen LogP) is 4.02. The van der Waals surface area contributed by atoms with Gasteiger partial charge in [0.1, 0.15) is 5.75 Å². The molecule has 0 atom stereocenters. The summed E-state index contributed by atoms with van der Waals surface area (Å²) in [5.74, 6) is -0.164. The predicted molar refractivity (Wildman–Crippen MR) is 97.1 cm³/mol. The third-order valence-corrected chi connectivity index (χ3v) is 3.61. The minimum absolute atomic E-state index is 0.295. The van der Waals surface area contributed by atoms with Crippen molar-refractivity contribution in [1.29, 1.82) is 0 Å². The Bertz CT molecular complexity index is 728. The summed E-state index contributed by atoms with van der Waals surface area (Å²) in [4.78, 5) is 23.4. The molecule has 2 aromatic carbocycles. The molecule has 0 saturated heterocycles. The maximum absolute atomic E-state index is 11.8. The van der Waals surface area contributed by atoms with Crippen LogP contribution in [0.1, 0.15) is 25.3 Å². The average molecular weight is 362 g/mol. The van der Waals surface area contributed by atoms with Gasteiger partial charge in [-0.15, -0.1) is 0 Å². The largest absolute Gasteiger partial charge is 0.482 e. The Morgan fingerprint density at radius 1 is 1.08 bits per heavy atom. The number of carbonyl (C=O) groups excluding carboxylic acids is 2. The van der Waals surface area contributed by atoms with Crippen LogP contribution in [-0.4, -0.2) is 25.1 Å². The molecule has 1 amide bonds. The van der Waals surface area contributed by atoms with Crippen molar-refractivity contribution in [1.82, 2.24) is 0 Å². The zero-order chi connectivity index (χ0) is 18.2. The molecule has 0 unspecified atom stereocenters. The highest BCUT2D eigenvalue weighted by Crippen LogP contribution is 2.18. The average Bonchev–Trinajstić information content (AvgIpc) is 2.58. The van der Waals surface area contributed by atoms with Crippen LogP contribution in [0.3, 0.4) is 0 Å². The summed E-state index contributed by atoms with van der Waals surface area (Å²) >= 11 is 5.82. The summed E-state index contributed by atoms with van der Waals surface area (Å²) in [7, 11) is 0. The molecule has 1 N–H and O–H groups in total. The molecule has 0 aliphatic heterocycles. The van der Waals surface area contributed by atoms with E-state index in [0.717, 1.165) is 0 Å². The molecule has 0 aliphatic rings. The van der Waals surface area contributed by atoms with Crippen molar-refractivity contribution < 1.29 is 19.1 Å². The summed E-state index contributed by atoms with van der Waals surface area (Å²) in [5.41, 5.74) is 1.84. The van der Waals surface area contributed by atoms with E-state index in [1.54, 1.807) is 24.3 Å². The molecule has 2 aromatic rings. The lowest BCUT2D eigenvalue weighted by Crippen LogP contribution is -2.23. The maximum atomic E-state index is 11.8. The van der Waals surface area contributed by atoms with Gasteiger partial charge in [-0.25, -0.2) is 4.79 Å². The van der Waals surface area contributed by atoms with Gasteiger partial charge in [0.15, 0.2) is 13.2 Å². The molecule has 0 aliphatic carbocycles. The summed E-state index contributed by atoms with van der Waals surface area (Å²) in [6.07, 6.45) is 0. The van der Waals surface area contributed by atoms with Crippen molar-refractivity contribution in [3.8, 4) is 5.75 Å².